The van der Waals surface area contributed by atoms with E-state index in [0.29, 0.717) is 12.3 Å². The second-order valence-corrected chi connectivity index (χ2v) is 5.62. The van der Waals surface area contributed by atoms with E-state index in [2.05, 4.69) is 10.6 Å². The van der Waals surface area contributed by atoms with E-state index in [0.717, 1.165) is 51.6 Å². The van der Waals surface area contributed by atoms with Crippen molar-refractivity contribution in [3.8, 4) is 0 Å². The topological polar surface area (TPSA) is 50.4 Å². The molecular weight excluding hydrogens is 228 g/mol. The predicted molar refractivity (Wildman–Crippen MR) is 71.4 cm³/mol. The van der Waals surface area contributed by atoms with E-state index in [9.17, 15) is 4.79 Å². The molecular formula is C14H26N2O2. The van der Waals surface area contributed by atoms with Crippen LogP contribution < -0.4 is 10.6 Å². The molecule has 2 heterocycles. The van der Waals surface area contributed by atoms with Crippen LogP contribution in [-0.4, -0.2) is 38.8 Å². The van der Waals surface area contributed by atoms with Gasteiger partial charge < -0.3 is 15.4 Å². The van der Waals surface area contributed by atoms with Gasteiger partial charge in [-0.1, -0.05) is 0 Å². The second kappa shape index (κ2) is 7.74. The first-order valence-corrected chi connectivity index (χ1v) is 7.40. The Labute approximate surface area is 110 Å². The summed E-state index contributed by atoms with van der Waals surface area (Å²) in [5.74, 6) is 1.50. The molecule has 4 heteroatoms. The maximum Gasteiger partial charge on any atom is 0.220 e. The molecule has 2 aliphatic rings. The van der Waals surface area contributed by atoms with Gasteiger partial charge in [-0.05, 0) is 57.0 Å². The lowest BCUT2D eigenvalue weighted by Gasteiger charge is -2.23. The first-order valence-electron chi connectivity index (χ1n) is 7.40. The maximum atomic E-state index is 11.8. The Morgan fingerprint density at radius 3 is 2.78 bits per heavy atom. The molecule has 2 saturated heterocycles. The highest BCUT2D eigenvalue weighted by molar-refractivity contribution is 5.75. The van der Waals surface area contributed by atoms with Gasteiger partial charge in [0.15, 0.2) is 0 Å². The number of nitrogens with one attached hydrogen (secondary N) is 2. The van der Waals surface area contributed by atoms with Gasteiger partial charge in [-0.25, -0.2) is 0 Å². The molecule has 0 bridgehead atoms. The number of carbonyl (C=O) groups excluding carboxylic acids is 1. The normalized spacial score (nSPS) is 25.9. The van der Waals surface area contributed by atoms with E-state index in [1.165, 1.54) is 19.3 Å². The van der Waals surface area contributed by atoms with Crippen molar-refractivity contribution in [1.82, 2.24) is 10.6 Å². The van der Waals surface area contributed by atoms with Crippen LogP contribution in [0.4, 0.5) is 0 Å². The second-order valence-electron chi connectivity index (χ2n) is 5.62. The minimum absolute atomic E-state index is 0.221. The van der Waals surface area contributed by atoms with Gasteiger partial charge in [0.25, 0.3) is 0 Å². The summed E-state index contributed by atoms with van der Waals surface area (Å²) in [6.45, 7) is 4.73. The third kappa shape index (κ3) is 4.94. The van der Waals surface area contributed by atoms with Crippen molar-refractivity contribution >= 4 is 5.91 Å². The molecule has 2 rings (SSSR count). The summed E-state index contributed by atoms with van der Waals surface area (Å²) >= 11 is 0. The van der Waals surface area contributed by atoms with Crippen LogP contribution in [0.2, 0.25) is 0 Å². The summed E-state index contributed by atoms with van der Waals surface area (Å²) in [5.41, 5.74) is 0. The first kappa shape index (κ1) is 13.8. The zero-order valence-corrected chi connectivity index (χ0v) is 11.2. The highest BCUT2D eigenvalue weighted by atomic mass is 16.5. The summed E-state index contributed by atoms with van der Waals surface area (Å²) < 4.78 is 5.41. The molecule has 2 N–H and O–H groups in total. The van der Waals surface area contributed by atoms with E-state index in [1.54, 1.807) is 0 Å². The Balaban J connectivity index is 1.54. The number of ether oxygens (including phenoxy) is 1. The number of amides is 1. The zero-order chi connectivity index (χ0) is 12.6. The molecule has 0 aliphatic carbocycles. The lowest BCUT2D eigenvalue weighted by Crippen LogP contribution is -2.34. The number of carbonyl (C=O) groups is 1. The van der Waals surface area contributed by atoms with Gasteiger partial charge in [0.2, 0.25) is 5.91 Å². The van der Waals surface area contributed by atoms with E-state index >= 15 is 0 Å². The summed E-state index contributed by atoms with van der Waals surface area (Å²) in [5, 5.41) is 6.41. The van der Waals surface area contributed by atoms with Crippen molar-refractivity contribution in [2.45, 2.75) is 38.5 Å². The summed E-state index contributed by atoms with van der Waals surface area (Å²) in [6.07, 6.45) is 6.52. The minimum Gasteiger partial charge on any atom is -0.381 e. The molecule has 2 aliphatic heterocycles. The van der Waals surface area contributed by atoms with Crippen molar-refractivity contribution in [3.05, 3.63) is 0 Å². The first-order chi connectivity index (χ1) is 8.84. The Morgan fingerprint density at radius 2 is 2.06 bits per heavy atom. The van der Waals surface area contributed by atoms with Crippen molar-refractivity contribution in [3.63, 3.8) is 0 Å². The fourth-order valence-electron chi connectivity index (χ4n) is 2.82. The van der Waals surface area contributed by atoms with E-state index in [4.69, 9.17) is 4.74 Å². The monoisotopic (exact) mass is 254 g/mol. The molecule has 1 atom stereocenters. The predicted octanol–water partition coefficient (Wildman–Crippen LogP) is 1.31. The van der Waals surface area contributed by atoms with Gasteiger partial charge in [-0.2, -0.15) is 0 Å². The lowest BCUT2D eigenvalue weighted by molar-refractivity contribution is -0.121. The molecule has 1 amide bonds. The number of piperidine rings is 1. The van der Waals surface area contributed by atoms with Crippen molar-refractivity contribution in [2.75, 3.05) is 32.8 Å². The summed E-state index contributed by atoms with van der Waals surface area (Å²) in [7, 11) is 0. The molecule has 1 unspecified atom stereocenters. The Kier molecular flexibility index (Phi) is 5.94. The van der Waals surface area contributed by atoms with Gasteiger partial charge in [0, 0.05) is 19.6 Å². The van der Waals surface area contributed by atoms with Crippen LogP contribution in [0, 0.1) is 11.8 Å². The molecule has 2 fully saturated rings. The molecule has 0 aromatic rings. The summed E-state index contributed by atoms with van der Waals surface area (Å²) in [4.78, 5) is 11.8. The number of hydrogen-bond donors (Lipinski definition) is 2. The van der Waals surface area contributed by atoms with Crippen molar-refractivity contribution in [1.29, 1.82) is 0 Å². The standard InChI is InChI=1S/C14H26N2O2/c17-14(4-3-12-5-7-15-8-6-12)16-10-13-2-1-9-18-11-13/h12-13,15H,1-11H2,(H,16,17). The SMILES string of the molecule is O=C(CCC1CCNCC1)NCC1CCCOC1. The van der Waals surface area contributed by atoms with E-state index < -0.39 is 0 Å². The van der Waals surface area contributed by atoms with Crippen LogP contribution in [0.15, 0.2) is 0 Å². The zero-order valence-electron chi connectivity index (χ0n) is 11.2. The van der Waals surface area contributed by atoms with E-state index in [1.807, 2.05) is 0 Å². The van der Waals surface area contributed by atoms with Gasteiger partial charge in [-0.3, -0.25) is 4.79 Å². The summed E-state index contributed by atoms with van der Waals surface area (Å²) in [6, 6.07) is 0. The molecule has 18 heavy (non-hydrogen) atoms. The molecule has 104 valence electrons. The van der Waals surface area contributed by atoms with Crippen molar-refractivity contribution < 1.29 is 9.53 Å². The van der Waals surface area contributed by atoms with Crippen LogP contribution in [0.5, 0.6) is 0 Å². The van der Waals surface area contributed by atoms with Gasteiger partial charge in [-0.15, -0.1) is 0 Å². The fraction of sp³-hybridized carbons (Fsp3) is 0.929. The number of rotatable bonds is 5. The van der Waals surface area contributed by atoms with E-state index in [-0.39, 0.29) is 5.91 Å². The van der Waals surface area contributed by atoms with Crippen LogP contribution in [0.3, 0.4) is 0 Å². The van der Waals surface area contributed by atoms with Crippen LogP contribution in [-0.2, 0) is 9.53 Å². The lowest BCUT2D eigenvalue weighted by atomic mass is 9.93. The van der Waals surface area contributed by atoms with Gasteiger partial charge in [0.1, 0.15) is 0 Å². The third-order valence-corrected chi connectivity index (χ3v) is 4.08. The van der Waals surface area contributed by atoms with Crippen LogP contribution >= 0.6 is 0 Å². The van der Waals surface area contributed by atoms with Crippen LogP contribution in [0.1, 0.15) is 38.5 Å². The Morgan fingerprint density at radius 1 is 1.22 bits per heavy atom. The molecule has 0 saturated carbocycles. The Bertz CT molecular complexity index is 222. The molecule has 0 aromatic heterocycles. The molecule has 4 nitrogen and oxygen atoms in total. The molecule has 0 spiro atoms. The van der Waals surface area contributed by atoms with Gasteiger partial charge >= 0.3 is 0 Å². The molecule has 0 aromatic carbocycles. The maximum absolute atomic E-state index is 11.8. The highest BCUT2D eigenvalue weighted by Gasteiger charge is 2.16. The largest absolute Gasteiger partial charge is 0.381 e. The smallest absolute Gasteiger partial charge is 0.220 e. The van der Waals surface area contributed by atoms with Crippen molar-refractivity contribution in [2.24, 2.45) is 11.8 Å². The number of hydrogen-bond acceptors (Lipinski definition) is 3. The average Bonchev–Trinajstić information content (AvgIpc) is 2.45. The third-order valence-electron chi connectivity index (χ3n) is 4.08. The Hall–Kier alpha value is -0.610. The highest BCUT2D eigenvalue weighted by Crippen LogP contribution is 2.17. The van der Waals surface area contributed by atoms with Gasteiger partial charge in [0.05, 0.1) is 6.61 Å². The van der Waals surface area contributed by atoms with Crippen LogP contribution in [0.25, 0.3) is 0 Å². The minimum atomic E-state index is 0.221. The average molecular weight is 254 g/mol. The molecule has 0 radical (unpaired) electrons. The fourth-order valence-corrected chi connectivity index (χ4v) is 2.82. The quantitative estimate of drug-likeness (QED) is 0.778.